The van der Waals surface area contributed by atoms with Crippen LogP contribution >= 0.6 is 0 Å². The molecular weight excluding hydrogens is 126 g/mol. The monoisotopic (exact) mass is 143 g/mol. The Labute approximate surface area is 63.0 Å². The molecular formula is C8H17NO. The van der Waals surface area contributed by atoms with E-state index >= 15 is 0 Å². The summed E-state index contributed by atoms with van der Waals surface area (Å²) >= 11 is 0. The van der Waals surface area contributed by atoms with Crippen molar-refractivity contribution in [3.05, 3.63) is 0 Å². The number of hydrogen-bond acceptors (Lipinski definition) is 1. The van der Waals surface area contributed by atoms with E-state index in [1.165, 1.54) is 0 Å². The molecule has 0 aromatic carbocycles. The molecule has 0 radical (unpaired) electrons. The van der Waals surface area contributed by atoms with Gasteiger partial charge < -0.3 is 5.32 Å². The van der Waals surface area contributed by atoms with Crippen LogP contribution in [0.15, 0.2) is 0 Å². The van der Waals surface area contributed by atoms with E-state index in [0.29, 0.717) is 0 Å². The van der Waals surface area contributed by atoms with Gasteiger partial charge in [-0.1, -0.05) is 20.8 Å². The first kappa shape index (κ1) is 9.47. The number of rotatable bonds is 3. The van der Waals surface area contributed by atoms with Gasteiger partial charge in [0.2, 0.25) is 5.91 Å². The van der Waals surface area contributed by atoms with Crippen molar-refractivity contribution >= 4 is 5.91 Å². The first-order valence-corrected chi connectivity index (χ1v) is 3.83. The lowest BCUT2D eigenvalue weighted by Crippen LogP contribution is -2.36. The Morgan fingerprint density at radius 2 is 1.90 bits per heavy atom. The van der Waals surface area contributed by atoms with E-state index in [2.05, 4.69) is 5.32 Å². The van der Waals surface area contributed by atoms with Crippen LogP contribution in [-0.4, -0.2) is 12.5 Å². The van der Waals surface area contributed by atoms with Crippen LogP contribution in [0.5, 0.6) is 0 Å². The van der Waals surface area contributed by atoms with Crippen molar-refractivity contribution in [2.45, 2.75) is 34.1 Å². The summed E-state index contributed by atoms with van der Waals surface area (Å²) in [6.07, 6.45) is 0.888. The first-order chi connectivity index (χ1) is 4.54. The Hall–Kier alpha value is -0.530. The fraction of sp³-hybridized carbons (Fsp3) is 0.875. The summed E-state index contributed by atoms with van der Waals surface area (Å²) in [5, 5.41) is 2.80. The molecule has 0 saturated heterocycles. The third-order valence-electron chi connectivity index (χ3n) is 1.84. The maximum absolute atomic E-state index is 11.2. The zero-order valence-corrected chi connectivity index (χ0v) is 7.32. The number of nitrogens with one attached hydrogen (secondary N) is 1. The lowest BCUT2D eigenvalue weighted by Gasteiger charge is -2.20. The highest BCUT2D eigenvalue weighted by molar-refractivity contribution is 5.81. The maximum atomic E-state index is 11.2. The number of carbonyl (C=O) groups excluding carboxylic acids is 1. The van der Waals surface area contributed by atoms with Gasteiger partial charge in [-0.3, -0.25) is 4.79 Å². The molecule has 0 saturated carbocycles. The summed E-state index contributed by atoms with van der Waals surface area (Å²) in [5.74, 6) is 0.150. The molecule has 0 aromatic rings. The van der Waals surface area contributed by atoms with Gasteiger partial charge in [0.25, 0.3) is 0 Å². The second-order valence-corrected chi connectivity index (χ2v) is 3.10. The highest BCUT2D eigenvalue weighted by atomic mass is 16.2. The van der Waals surface area contributed by atoms with E-state index in [1.54, 1.807) is 0 Å². The fourth-order valence-electron chi connectivity index (χ4n) is 0.560. The molecule has 0 rings (SSSR count). The van der Waals surface area contributed by atoms with Crippen molar-refractivity contribution in [1.82, 2.24) is 5.32 Å². The zero-order chi connectivity index (χ0) is 8.20. The minimum absolute atomic E-state index is 0.150. The molecule has 0 heterocycles. The van der Waals surface area contributed by atoms with Crippen molar-refractivity contribution in [2.24, 2.45) is 5.41 Å². The van der Waals surface area contributed by atoms with Crippen LogP contribution in [0.25, 0.3) is 0 Å². The zero-order valence-electron chi connectivity index (χ0n) is 7.32. The summed E-state index contributed by atoms with van der Waals surface area (Å²) < 4.78 is 0. The van der Waals surface area contributed by atoms with E-state index in [1.807, 2.05) is 27.7 Å². The molecule has 0 fully saturated rings. The fourth-order valence-corrected chi connectivity index (χ4v) is 0.560. The van der Waals surface area contributed by atoms with Crippen molar-refractivity contribution in [3.63, 3.8) is 0 Å². The highest BCUT2D eigenvalue weighted by Gasteiger charge is 2.23. The van der Waals surface area contributed by atoms with E-state index in [4.69, 9.17) is 0 Å². The van der Waals surface area contributed by atoms with Gasteiger partial charge in [-0.2, -0.15) is 0 Å². The average Bonchev–Trinajstić information content (AvgIpc) is 1.89. The van der Waals surface area contributed by atoms with Crippen LogP contribution in [0.4, 0.5) is 0 Å². The van der Waals surface area contributed by atoms with Crippen LogP contribution in [-0.2, 0) is 4.79 Å². The van der Waals surface area contributed by atoms with Gasteiger partial charge in [0.1, 0.15) is 0 Å². The van der Waals surface area contributed by atoms with Gasteiger partial charge >= 0.3 is 0 Å². The summed E-state index contributed by atoms with van der Waals surface area (Å²) in [6, 6.07) is 0. The van der Waals surface area contributed by atoms with Crippen LogP contribution in [0.3, 0.4) is 0 Å². The van der Waals surface area contributed by atoms with Gasteiger partial charge in [-0.25, -0.2) is 0 Å². The SMILES string of the molecule is CCNC(=O)C(C)(C)CC. The van der Waals surface area contributed by atoms with Gasteiger partial charge in [0, 0.05) is 12.0 Å². The Morgan fingerprint density at radius 1 is 1.40 bits per heavy atom. The van der Waals surface area contributed by atoms with Crippen molar-refractivity contribution < 1.29 is 4.79 Å². The Bertz CT molecular complexity index is 118. The second kappa shape index (κ2) is 3.59. The quantitative estimate of drug-likeness (QED) is 0.638. The molecule has 2 heteroatoms. The lowest BCUT2D eigenvalue weighted by atomic mass is 9.89. The van der Waals surface area contributed by atoms with E-state index in [9.17, 15) is 4.79 Å². The van der Waals surface area contributed by atoms with Gasteiger partial charge in [0.15, 0.2) is 0 Å². The summed E-state index contributed by atoms with van der Waals surface area (Å²) in [4.78, 5) is 11.2. The summed E-state index contributed by atoms with van der Waals surface area (Å²) in [7, 11) is 0. The molecule has 1 amide bonds. The van der Waals surface area contributed by atoms with E-state index < -0.39 is 0 Å². The van der Waals surface area contributed by atoms with Crippen molar-refractivity contribution in [3.8, 4) is 0 Å². The van der Waals surface area contributed by atoms with Gasteiger partial charge in [-0.15, -0.1) is 0 Å². The molecule has 0 aliphatic heterocycles. The van der Waals surface area contributed by atoms with E-state index in [-0.39, 0.29) is 11.3 Å². The number of carbonyl (C=O) groups is 1. The topological polar surface area (TPSA) is 29.1 Å². The minimum atomic E-state index is -0.198. The molecule has 0 spiro atoms. The average molecular weight is 143 g/mol. The maximum Gasteiger partial charge on any atom is 0.225 e. The van der Waals surface area contributed by atoms with Crippen LogP contribution in [0, 0.1) is 5.41 Å². The first-order valence-electron chi connectivity index (χ1n) is 3.83. The second-order valence-electron chi connectivity index (χ2n) is 3.10. The molecule has 0 aromatic heterocycles. The molecule has 1 N–H and O–H groups in total. The van der Waals surface area contributed by atoms with Crippen molar-refractivity contribution in [2.75, 3.05) is 6.54 Å². The van der Waals surface area contributed by atoms with Gasteiger partial charge in [-0.05, 0) is 13.3 Å². The number of hydrogen-bond donors (Lipinski definition) is 1. The lowest BCUT2D eigenvalue weighted by molar-refractivity contribution is -0.129. The standard InChI is InChI=1S/C8H17NO/c1-5-8(3,4)7(10)9-6-2/h5-6H2,1-4H3,(H,9,10). The van der Waals surface area contributed by atoms with Crippen LogP contribution in [0.2, 0.25) is 0 Å². The molecule has 10 heavy (non-hydrogen) atoms. The van der Waals surface area contributed by atoms with Gasteiger partial charge in [0.05, 0.1) is 0 Å². The molecule has 0 atom stereocenters. The molecule has 0 unspecified atom stereocenters. The predicted molar refractivity (Wildman–Crippen MR) is 42.8 cm³/mol. The summed E-state index contributed by atoms with van der Waals surface area (Å²) in [5.41, 5.74) is -0.198. The Morgan fingerprint density at radius 3 is 2.20 bits per heavy atom. The Balaban J connectivity index is 3.91. The van der Waals surface area contributed by atoms with Crippen LogP contribution < -0.4 is 5.32 Å². The van der Waals surface area contributed by atoms with Crippen LogP contribution in [0.1, 0.15) is 34.1 Å². The number of amides is 1. The Kier molecular flexibility index (Phi) is 3.40. The van der Waals surface area contributed by atoms with Crippen molar-refractivity contribution in [1.29, 1.82) is 0 Å². The van der Waals surface area contributed by atoms with E-state index in [0.717, 1.165) is 13.0 Å². The normalized spacial score (nSPS) is 11.2. The molecule has 0 aliphatic rings. The molecule has 0 aliphatic carbocycles. The third-order valence-corrected chi connectivity index (χ3v) is 1.84. The minimum Gasteiger partial charge on any atom is -0.356 e. The largest absolute Gasteiger partial charge is 0.356 e. The summed E-state index contributed by atoms with van der Waals surface area (Å²) in [6.45, 7) is 8.59. The predicted octanol–water partition coefficient (Wildman–Crippen LogP) is 1.56. The molecule has 60 valence electrons. The smallest absolute Gasteiger partial charge is 0.225 e. The molecule has 0 bridgehead atoms. The third kappa shape index (κ3) is 2.38. The molecule has 2 nitrogen and oxygen atoms in total. The highest BCUT2D eigenvalue weighted by Crippen LogP contribution is 2.18.